The number of hydrogen-bond donors (Lipinski definition) is 1. The summed E-state index contributed by atoms with van der Waals surface area (Å²) in [6, 6.07) is 3.31. The lowest BCUT2D eigenvalue weighted by Gasteiger charge is -2.23. The van der Waals surface area contributed by atoms with Gasteiger partial charge in [-0.25, -0.2) is 0 Å². The maximum atomic E-state index is 12.7. The zero-order valence-corrected chi connectivity index (χ0v) is 16.7. The van der Waals surface area contributed by atoms with E-state index in [1.165, 1.54) is 38.1 Å². The first-order chi connectivity index (χ1) is 13.2. The van der Waals surface area contributed by atoms with Crippen LogP contribution in [-0.2, 0) is 14.4 Å². The highest BCUT2D eigenvalue weighted by atomic mass is 16.5. The Morgan fingerprint density at radius 2 is 1.79 bits per heavy atom. The number of carbonyl (C=O) groups is 3. The number of amides is 2. The number of hydrogen-bond acceptors (Lipinski definition) is 6. The van der Waals surface area contributed by atoms with Crippen molar-refractivity contribution in [1.29, 1.82) is 0 Å². The molecule has 1 N–H and O–H groups in total. The lowest BCUT2D eigenvalue weighted by atomic mass is 10.1. The molecule has 0 radical (unpaired) electrons. The van der Waals surface area contributed by atoms with Crippen LogP contribution < -0.4 is 19.1 Å². The van der Waals surface area contributed by atoms with E-state index in [-0.39, 0.29) is 31.3 Å². The zero-order valence-electron chi connectivity index (χ0n) is 16.7. The first kappa shape index (κ1) is 21.3. The molecule has 1 heterocycles. The molecule has 1 aliphatic rings. The highest BCUT2D eigenvalue weighted by Crippen LogP contribution is 2.42. The molecule has 1 aliphatic heterocycles. The standard InChI is InChI=1S/C19H26N2O7/c1-11(19(24)25)9-20(2)18(23)12-6-16(22)21(10-12)13-7-14(26-3)17(28-5)15(8-13)27-4/h7-8,11-12H,6,9-10H2,1-5H3,(H,24,25). The smallest absolute Gasteiger partial charge is 0.308 e. The predicted octanol–water partition coefficient (Wildman–Crippen LogP) is 1.24. The summed E-state index contributed by atoms with van der Waals surface area (Å²) in [5.41, 5.74) is 0.538. The van der Waals surface area contributed by atoms with Gasteiger partial charge in [0.05, 0.1) is 38.9 Å². The van der Waals surface area contributed by atoms with Crippen LogP contribution in [0, 0.1) is 11.8 Å². The highest BCUT2D eigenvalue weighted by Gasteiger charge is 2.37. The normalized spacial score (nSPS) is 17.2. The molecular weight excluding hydrogens is 368 g/mol. The van der Waals surface area contributed by atoms with E-state index in [0.717, 1.165) is 0 Å². The van der Waals surface area contributed by atoms with Crippen LogP contribution in [0.15, 0.2) is 12.1 Å². The first-order valence-electron chi connectivity index (χ1n) is 8.81. The number of nitrogens with zero attached hydrogens (tertiary/aromatic N) is 2. The Labute approximate surface area is 163 Å². The van der Waals surface area contributed by atoms with Crippen LogP contribution in [0.1, 0.15) is 13.3 Å². The van der Waals surface area contributed by atoms with Gasteiger partial charge in [-0.05, 0) is 0 Å². The van der Waals surface area contributed by atoms with Gasteiger partial charge in [-0.1, -0.05) is 6.92 Å². The largest absolute Gasteiger partial charge is 0.493 e. The van der Waals surface area contributed by atoms with E-state index >= 15 is 0 Å². The minimum Gasteiger partial charge on any atom is -0.493 e. The molecule has 28 heavy (non-hydrogen) atoms. The fraction of sp³-hybridized carbons (Fsp3) is 0.526. The first-order valence-corrected chi connectivity index (χ1v) is 8.81. The number of aliphatic carboxylic acids is 1. The zero-order chi connectivity index (χ0) is 21.0. The van der Waals surface area contributed by atoms with E-state index in [1.54, 1.807) is 19.2 Å². The average molecular weight is 394 g/mol. The van der Waals surface area contributed by atoms with Crippen molar-refractivity contribution < 1.29 is 33.7 Å². The summed E-state index contributed by atoms with van der Waals surface area (Å²) >= 11 is 0. The van der Waals surface area contributed by atoms with E-state index < -0.39 is 17.8 Å². The van der Waals surface area contributed by atoms with Gasteiger partial charge in [-0.3, -0.25) is 14.4 Å². The Kier molecular flexibility index (Phi) is 6.71. The average Bonchev–Trinajstić information content (AvgIpc) is 3.07. The highest BCUT2D eigenvalue weighted by molar-refractivity contribution is 6.00. The Morgan fingerprint density at radius 3 is 2.25 bits per heavy atom. The second kappa shape index (κ2) is 8.81. The quantitative estimate of drug-likeness (QED) is 0.707. The summed E-state index contributed by atoms with van der Waals surface area (Å²) in [4.78, 5) is 39.1. The van der Waals surface area contributed by atoms with Gasteiger partial charge in [0.15, 0.2) is 11.5 Å². The molecule has 154 valence electrons. The summed E-state index contributed by atoms with van der Waals surface area (Å²) in [6.07, 6.45) is 0.0568. The van der Waals surface area contributed by atoms with Gasteiger partial charge in [-0.2, -0.15) is 0 Å². The molecule has 0 saturated carbocycles. The number of carbonyl (C=O) groups excluding carboxylic acids is 2. The van der Waals surface area contributed by atoms with Gasteiger partial charge in [0.2, 0.25) is 17.6 Å². The van der Waals surface area contributed by atoms with Crippen molar-refractivity contribution in [2.45, 2.75) is 13.3 Å². The molecule has 0 aliphatic carbocycles. The molecule has 9 heteroatoms. The van der Waals surface area contributed by atoms with Crippen molar-refractivity contribution in [2.24, 2.45) is 11.8 Å². The van der Waals surface area contributed by atoms with E-state index in [9.17, 15) is 14.4 Å². The van der Waals surface area contributed by atoms with E-state index in [0.29, 0.717) is 22.9 Å². The molecule has 1 aromatic carbocycles. The van der Waals surface area contributed by atoms with Gasteiger partial charge < -0.3 is 29.1 Å². The maximum Gasteiger partial charge on any atom is 0.308 e. The number of rotatable bonds is 8. The van der Waals surface area contributed by atoms with Crippen LogP contribution in [-0.4, -0.2) is 69.3 Å². The van der Waals surface area contributed by atoms with E-state index in [1.807, 2.05) is 0 Å². The number of carboxylic acids is 1. The molecule has 2 amide bonds. The van der Waals surface area contributed by atoms with Crippen LogP contribution in [0.3, 0.4) is 0 Å². The minimum absolute atomic E-state index is 0.0568. The molecule has 2 unspecified atom stereocenters. The number of carboxylic acid groups (broad SMARTS) is 1. The third kappa shape index (κ3) is 4.29. The SMILES string of the molecule is COc1cc(N2CC(C(=O)N(C)CC(C)C(=O)O)CC2=O)cc(OC)c1OC. The molecule has 1 saturated heterocycles. The van der Waals surface area contributed by atoms with Crippen LogP contribution in [0.4, 0.5) is 5.69 Å². The number of benzene rings is 1. The molecule has 9 nitrogen and oxygen atoms in total. The molecular formula is C19H26N2O7. The van der Waals surface area contributed by atoms with Crippen molar-refractivity contribution in [3.05, 3.63) is 12.1 Å². The van der Waals surface area contributed by atoms with Gasteiger partial charge in [-0.15, -0.1) is 0 Å². The summed E-state index contributed by atoms with van der Waals surface area (Å²) in [5.74, 6) is -1.42. The summed E-state index contributed by atoms with van der Waals surface area (Å²) in [5, 5.41) is 9.02. The fourth-order valence-electron chi connectivity index (χ4n) is 3.24. The Balaban J connectivity index is 2.20. The number of anilines is 1. The van der Waals surface area contributed by atoms with Crippen molar-refractivity contribution in [2.75, 3.05) is 46.4 Å². The molecule has 1 fully saturated rings. The lowest BCUT2D eigenvalue weighted by molar-refractivity contribution is -0.143. The van der Waals surface area contributed by atoms with Crippen LogP contribution in [0.5, 0.6) is 17.2 Å². The van der Waals surface area contributed by atoms with Crippen LogP contribution >= 0.6 is 0 Å². The summed E-state index contributed by atoms with van der Waals surface area (Å²) in [7, 11) is 6.01. The topological polar surface area (TPSA) is 106 Å². The molecule has 0 spiro atoms. The minimum atomic E-state index is -0.971. The van der Waals surface area contributed by atoms with Gasteiger partial charge in [0, 0.05) is 38.7 Å². The third-order valence-corrected chi connectivity index (χ3v) is 4.78. The fourth-order valence-corrected chi connectivity index (χ4v) is 3.24. The number of ether oxygens (including phenoxy) is 3. The van der Waals surface area contributed by atoms with Crippen LogP contribution in [0.2, 0.25) is 0 Å². The van der Waals surface area contributed by atoms with Crippen molar-refractivity contribution in [3.63, 3.8) is 0 Å². The second-order valence-electron chi connectivity index (χ2n) is 6.75. The van der Waals surface area contributed by atoms with E-state index in [4.69, 9.17) is 19.3 Å². The van der Waals surface area contributed by atoms with Crippen LogP contribution in [0.25, 0.3) is 0 Å². The Bertz CT molecular complexity index is 740. The van der Waals surface area contributed by atoms with Gasteiger partial charge in [0.1, 0.15) is 0 Å². The maximum absolute atomic E-state index is 12.7. The van der Waals surface area contributed by atoms with Gasteiger partial charge in [0.25, 0.3) is 0 Å². The number of methoxy groups -OCH3 is 3. The third-order valence-electron chi connectivity index (χ3n) is 4.78. The van der Waals surface area contributed by atoms with Crippen molar-refractivity contribution >= 4 is 23.5 Å². The molecule has 0 aromatic heterocycles. The van der Waals surface area contributed by atoms with Gasteiger partial charge >= 0.3 is 5.97 Å². The molecule has 1 aromatic rings. The monoisotopic (exact) mass is 394 g/mol. The molecule has 0 bridgehead atoms. The predicted molar refractivity (Wildman–Crippen MR) is 101 cm³/mol. The molecule has 2 atom stereocenters. The Hall–Kier alpha value is -2.97. The van der Waals surface area contributed by atoms with E-state index in [2.05, 4.69) is 0 Å². The van der Waals surface area contributed by atoms with Crippen molar-refractivity contribution in [3.8, 4) is 17.2 Å². The summed E-state index contributed by atoms with van der Waals surface area (Å²) in [6.45, 7) is 1.82. The Morgan fingerprint density at radius 1 is 1.21 bits per heavy atom. The van der Waals surface area contributed by atoms with Crippen molar-refractivity contribution in [1.82, 2.24) is 4.90 Å². The lowest BCUT2D eigenvalue weighted by Crippen LogP contribution is -2.38. The second-order valence-corrected chi connectivity index (χ2v) is 6.75. The molecule has 2 rings (SSSR count). The summed E-state index contributed by atoms with van der Waals surface area (Å²) < 4.78 is 15.9.